The van der Waals surface area contributed by atoms with Gasteiger partial charge in [-0.25, -0.2) is 0 Å². The van der Waals surface area contributed by atoms with Crippen LogP contribution in [0.5, 0.6) is 0 Å². The molecule has 1 heteroatoms. The van der Waals surface area contributed by atoms with Crippen molar-refractivity contribution in [2.24, 2.45) is 0 Å². The van der Waals surface area contributed by atoms with E-state index in [2.05, 4.69) is 109 Å². The molecule has 0 unspecified atom stereocenters. The molecule has 5 rings (SSSR count). The maximum atomic E-state index is 3.65. The Bertz CT molecular complexity index is 1310. The highest BCUT2D eigenvalue weighted by Gasteiger charge is 2.11. The first-order valence-corrected chi connectivity index (χ1v) is 10.0. The number of fused-ring (bicyclic) bond motifs is 6. The molecule has 0 saturated carbocycles. The molecule has 0 atom stereocenters. The summed E-state index contributed by atoms with van der Waals surface area (Å²) in [7, 11) is 0. The van der Waals surface area contributed by atoms with Crippen LogP contribution in [0.25, 0.3) is 43.4 Å². The van der Waals surface area contributed by atoms with E-state index >= 15 is 0 Å². The third kappa shape index (κ3) is 2.57. The monoisotopic (exact) mass is 410 g/mol. The molecule has 5 aromatic carbocycles. The number of hydrogen-bond acceptors (Lipinski definition) is 0. The van der Waals surface area contributed by atoms with Crippen LogP contribution in [0.4, 0.5) is 0 Å². The molecule has 0 aliphatic heterocycles. The summed E-state index contributed by atoms with van der Waals surface area (Å²) in [6.45, 7) is 4.33. The van der Waals surface area contributed by atoms with Crippen LogP contribution < -0.4 is 0 Å². The molecule has 0 saturated heterocycles. The van der Waals surface area contributed by atoms with E-state index in [1.54, 1.807) is 0 Å². The first kappa shape index (κ1) is 16.5. The second kappa shape index (κ2) is 6.21. The van der Waals surface area contributed by atoms with Crippen molar-refractivity contribution >= 4 is 48.2 Å². The van der Waals surface area contributed by atoms with Crippen LogP contribution in [0, 0.1) is 13.8 Å². The topological polar surface area (TPSA) is 0 Å². The zero-order valence-corrected chi connectivity index (χ0v) is 17.0. The molecule has 0 radical (unpaired) electrons. The van der Waals surface area contributed by atoms with Gasteiger partial charge in [0, 0.05) is 4.47 Å². The third-order valence-corrected chi connectivity index (χ3v) is 6.42. The lowest BCUT2D eigenvalue weighted by Gasteiger charge is -2.14. The predicted molar refractivity (Wildman–Crippen MR) is 122 cm³/mol. The van der Waals surface area contributed by atoms with E-state index in [4.69, 9.17) is 0 Å². The molecular weight excluding hydrogens is 392 g/mol. The van der Waals surface area contributed by atoms with E-state index in [9.17, 15) is 0 Å². The largest absolute Gasteiger partial charge is 0.0616 e. The molecule has 0 N–H and O–H groups in total. The zero-order chi connectivity index (χ0) is 18.5. The van der Waals surface area contributed by atoms with Crippen molar-refractivity contribution in [3.63, 3.8) is 0 Å². The fourth-order valence-corrected chi connectivity index (χ4v) is 4.62. The first-order chi connectivity index (χ1) is 13.1. The van der Waals surface area contributed by atoms with Gasteiger partial charge in [-0.2, -0.15) is 0 Å². The van der Waals surface area contributed by atoms with E-state index in [1.165, 1.54) is 59.0 Å². The van der Waals surface area contributed by atoms with Crippen molar-refractivity contribution < 1.29 is 0 Å². The second-order valence-electron chi connectivity index (χ2n) is 7.27. The van der Waals surface area contributed by atoms with E-state index in [0.29, 0.717) is 0 Å². The predicted octanol–water partition coefficient (Wildman–Crippen LogP) is 8.19. The zero-order valence-electron chi connectivity index (χ0n) is 15.4. The number of benzene rings is 5. The summed E-state index contributed by atoms with van der Waals surface area (Å²) < 4.78 is 1.17. The van der Waals surface area contributed by atoms with Crippen LogP contribution in [-0.4, -0.2) is 0 Å². The Labute approximate surface area is 167 Å². The van der Waals surface area contributed by atoms with Gasteiger partial charge in [0.25, 0.3) is 0 Å². The average molecular weight is 411 g/mol. The van der Waals surface area contributed by atoms with Crippen LogP contribution in [0.15, 0.2) is 83.3 Å². The Morgan fingerprint density at radius 3 is 1.63 bits per heavy atom. The van der Waals surface area contributed by atoms with Gasteiger partial charge in [-0.3, -0.25) is 0 Å². The van der Waals surface area contributed by atoms with E-state index in [-0.39, 0.29) is 0 Å². The van der Waals surface area contributed by atoms with Gasteiger partial charge in [0.1, 0.15) is 0 Å². The summed E-state index contributed by atoms with van der Waals surface area (Å²) in [5, 5.41) is 7.92. The average Bonchev–Trinajstić information content (AvgIpc) is 2.70. The SMILES string of the molecule is Cc1cc(-c2ccc3c4ccccc4c4ccccc4c3c2)c(C)cc1Br. The van der Waals surface area contributed by atoms with Crippen LogP contribution in [0.2, 0.25) is 0 Å². The van der Waals surface area contributed by atoms with Crippen LogP contribution in [-0.2, 0) is 0 Å². The Balaban J connectivity index is 1.91. The van der Waals surface area contributed by atoms with Gasteiger partial charge in [0.05, 0.1) is 0 Å². The van der Waals surface area contributed by atoms with Gasteiger partial charge in [0.2, 0.25) is 0 Å². The van der Waals surface area contributed by atoms with E-state index < -0.39 is 0 Å². The first-order valence-electron chi connectivity index (χ1n) is 9.24. The van der Waals surface area contributed by atoms with Crippen LogP contribution in [0.1, 0.15) is 11.1 Å². The normalized spacial score (nSPS) is 11.5. The second-order valence-corrected chi connectivity index (χ2v) is 8.12. The molecule has 0 aliphatic carbocycles. The minimum Gasteiger partial charge on any atom is -0.0616 e. The lowest BCUT2D eigenvalue weighted by Crippen LogP contribution is -1.88. The molecule has 130 valence electrons. The maximum Gasteiger partial charge on any atom is 0.0207 e. The highest BCUT2D eigenvalue weighted by Crippen LogP contribution is 2.38. The lowest BCUT2D eigenvalue weighted by molar-refractivity contribution is 1.36. The summed E-state index contributed by atoms with van der Waals surface area (Å²) >= 11 is 3.65. The van der Waals surface area contributed by atoms with Gasteiger partial charge in [-0.05, 0) is 80.6 Å². The molecule has 0 bridgehead atoms. The van der Waals surface area contributed by atoms with Crippen LogP contribution in [0.3, 0.4) is 0 Å². The molecule has 5 aromatic rings. The van der Waals surface area contributed by atoms with Gasteiger partial charge in [-0.1, -0.05) is 82.7 Å². The van der Waals surface area contributed by atoms with Gasteiger partial charge in [0.15, 0.2) is 0 Å². The fourth-order valence-electron chi connectivity index (χ4n) is 4.17. The van der Waals surface area contributed by atoms with Gasteiger partial charge in [-0.15, -0.1) is 0 Å². The molecule has 0 aliphatic rings. The fraction of sp³-hybridized carbons (Fsp3) is 0.0769. The Morgan fingerprint density at radius 1 is 0.519 bits per heavy atom. The molecule has 0 aromatic heterocycles. The van der Waals surface area contributed by atoms with E-state index in [0.717, 1.165) is 0 Å². The maximum absolute atomic E-state index is 3.65. The summed E-state index contributed by atoms with van der Waals surface area (Å²) in [6.07, 6.45) is 0. The summed E-state index contributed by atoms with van der Waals surface area (Å²) in [6, 6.07) is 28.9. The summed E-state index contributed by atoms with van der Waals surface area (Å²) in [5.41, 5.74) is 5.13. The molecule has 0 amide bonds. The Morgan fingerprint density at radius 2 is 1.04 bits per heavy atom. The van der Waals surface area contributed by atoms with Crippen molar-refractivity contribution in [2.45, 2.75) is 13.8 Å². The highest BCUT2D eigenvalue weighted by atomic mass is 79.9. The number of hydrogen-bond donors (Lipinski definition) is 0. The molecule has 0 nitrogen and oxygen atoms in total. The Kier molecular flexibility index (Phi) is 3.80. The van der Waals surface area contributed by atoms with Crippen LogP contribution >= 0.6 is 15.9 Å². The molecular formula is C26H19Br. The molecule has 0 spiro atoms. The van der Waals surface area contributed by atoms with Crippen molar-refractivity contribution in [3.05, 3.63) is 94.5 Å². The smallest absolute Gasteiger partial charge is 0.0207 e. The lowest BCUT2D eigenvalue weighted by atomic mass is 9.91. The molecule has 27 heavy (non-hydrogen) atoms. The van der Waals surface area contributed by atoms with Crippen molar-refractivity contribution in [1.29, 1.82) is 0 Å². The highest BCUT2D eigenvalue weighted by molar-refractivity contribution is 9.10. The van der Waals surface area contributed by atoms with E-state index in [1.807, 2.05) is 0 Å². The number of aryl methyl sites for hydroxylation is 2. The number of rotatable bonds is 1. The quantitative estimate of drug-likeness (QED) is 0.244. The van der Waals surface area contributed by atoms with Gasteiger partial charge >= 0.3 is 0 Å². The van der Waals surface area contributed by atoms with Crippen molar-refractivity contribution in [1.82, 2.24) is 0 Å². The third-order valence-electron chi connectivity index (χ3n) is 5.56. The van der Waals surface area contributed by atoms with Crippen molar-refractivity contribution in [2.75, 3.05) is 0 Å². The van der Waals surface area contributed by atoms with Crippen molar-refractivity contribution in [3.8, 4) is 11.1 Å². The minimum atomic E-state index is 1.17. The summed E-state index contributed by atoms with van der Waals surface area (Å²) in [4.78, 5) is 0. The molecule has 0 heterocycles. The Hall–Kier alpha value is -2.64. The number of halogens is 1. The molecule has 0 fully saturated rings. The minimum absolute atomic E-state index is 1.17. The summed E-state index contributed by atoms with van der Waals surface area (Å²) in [5.74, 6) is 0. The standard InChI is InChI=1S/C26H19Br/c1-16-14-26(27)17(2)13-24(16)18-11-12-23-21-9-4-3-7-19(21)20-8-5-6-10-22(20)25(23)15-18/h3-15H,1-2H3. The van der Waals surface area contributed by atoms with Gasteiger partial charge < -0.3 is 0 Å².